The van der Waals surface area contributed by atoms with Crippen molar-refractivity contribution in [3.05, 3.63) is 0 Å². The number of carbonyl (C=O) groups excluding carboxylic acids is 1. The SMILES string of the molecule is CCOC1CC(NC2CCN(C)C2=O)C12CCCC2. The summed E-state index contributed by atoms with van der Waals surface area (Å²) >= 11 is 0. The van der Waals surface area contributed by atoms with Gasteiger partial charge in [-0.1, -0.05) is 12.8 Å². The second-order valence-corrected chi connectivity index (χ2v) is 6.44. The van der Waals surface area contributed by atoms with Gasteiger partial charge in [-0.3, -0.25) is 4.79 Å². The zero-order chi connectivity index (χ0) is 13.5. The number of carbonyl (C=O) groups is 1. The van der Waals surface area contributed by atoms with Gasteiger partial charge < -0.3 is 15.0 Å². The smallest absolute Gasteiger partial charge is 0.239 e. The summed E-state index contributed by atoms with van der Waals surface area (Å²) in [5.74, 6) is 0.271. The van der Waals surface area contributed by atoms with Crippen LogP contribution in [0.1, 0.15) is 45.4 Å². The van der Waals surface area contributed by atoms with E-state index in [1.807, 2.05) is 11.9 Å². The van der Waals surface area contributed by atoms with Crippen LogP contribution in [0.2, 0.25) is 0 Å². The molecule has 3 rings (SSSR count). The molecule has 4 nitrogen and oxygen atoms in total. The van der Waals surface area contributed by atoms with Crippen LogP contribution >= 0.6 is 0 Å². The average Bonchev–Trinajstić information content (AvgIpc) is 3.01. The third-order valence-corrected chi connectivity index (χ3v) is 5.52. The van der Waals surface area contributed by atoms with Crippen LogP contribution in [0.25, 0.3) is 0 Å². The minimum Gasteiger partial charge on any atom is -0.378 e. The summed E-state index contributed by atoms with van der Waals surface area (Å²) in [6.07, 6.45) is 7.65. The highest BCUT2D eigenvalue weighted by atomic mass is 16.5. The Hall–Kier alpha value is -0.610. The third-order valence-electron chi connectivity index (χ3n) is 5.52. The maximum atomic E-state index is 12.0. The first-order valence-corrected chi connectivity index (χ1v) is 7.80. The normalized spacial score (nSPS) is 37.1. The molecule has 1 saturated heterocycles. The van der Waals surface area contributed by atoms with Gasteiger partial charge in [-0.25, -0.2) is 0 Å². The number of nitrogens with zero attached hydrogens (tertiary/aromatic N) is 1. The fourth-order valence-electron chi connectivity index (χ4n) is 4.34. The van der Waals surface area contributed by atoms with E-state index in [9.17, 15) is 4.79 Å². The Kier molecular flexibility index (Phi) is 3.56. The molecule has 0 bridgehead atoms. The van der Waals surface area contributed by atoms with Crippen LogP contribution in [0.4, 0.5) is 0 Å². The fraction of sp³-hybridized carbons (Fsp3) is 0.933. The number of hydrogen-bond acceptors (Lipinski definition) is 3. The van der Waals surface area contributed by atoms with E-state index in [-0.39, 0.29) is 11.9 Å². The fourth-order valence-corrected chi connectivity index (χ4v) is 4.34. The number of hydrogen-bond donors (Lipinski definition) is 1. The van der Waals surface area contributed by atoms with Crippen LogP contribution in [-0.4, -0.2) is 49.2 Å². The van der Waals surface area contributed by atoms with E-state index in [0.717, 1.165) is 26.0 Å². The Morgan fingerprint density at radius 2 is 2.16 bits per heavy atom. The molecule has 1 aliphatic heterocycles. The van der Waals surface area contributed by atoms with E-state index < -0.39 is 0 Å². The summed E-state index contributed by atoms with van der Waals surface area (Å²) in [6.45, 7) is 3.79. The molecule has 1 spiro atoms. The minimum absolute atomic E-state index is 0.0510. The Labute approximate surface area is 115 Å². The number of likely N-dealkylation sites (N-methyl/N-ethyl adjacent to an activating group) is 1. The van der Waals surface area contributed by atoms with Crippen molar-refractivity contribution in [1.82, 2.24) is 10.2 Å². The molecule has 0 aromatic heterocycles. The van der Waals surface area contributed by atoms with Gasteiger partial charge in [0.2, 0.25) is 5.91 Å². The lowest BCUT2D eigenvalue weighted by Crippen LogP contribution is -2.65. The molecule has 108 valence electrons. The molecule has 0 radical (unpaired) electrons. The summed E-state index contributed by atoms with van der Waals surface area (Å²) < 4.78 is 5.92. The highest BCUT2D eigenvalue weighted by Gasteiger charge is 2.57. The first-order valence-electron chi connectivity index (χ1n) is 7.80. The van der Waals surface area contributed by atoms with E-state index in [4.69, 9.17) is 4.74 Å². The lowest BCUT2D eigenvalue weighted by Gasteiger charge is -2.54. The highest BCUT2D eigenvalue weighted by Crippen LogP contribution is 2.54. The molecule has 0 aromatic rings. The zero-order valence-corrected chi connectivity index (χ0v) is 12.2. The molecule has 1 amide bonds. The van der Waals surface area contributed by atoms with Crippen LogP contribution in [0, 0.1) is 5.41 Å². The summed E-state index contributed by atoms with van der Waals surface area (Å²) in [7, 11) is 1.90. The summed E-state index contributed by atoms with van der Waals surface area (Å²) in [4.78, 5) is 13.9. The molecule has 1 heterocycles. The summed E-state index contributed by atoms with van der Waals surface area (Å²) in [5, 5.41) is 3.65. The molecular weight excluding hydrogens is 240 g/mol. The van der Waals surface area contributed by atoms with Gasteiger partial charge in [0.05, 0.1) is 12.1 Å². The van der Waals surface area contributed by atoms with Gasteiger partial charge in [-0.2, -0.15) is 0 Å². The molecule has 3 atom stereocenters. The molecule has 3 unspecified atom stereocenters. The summed E-state index contributed by atoms with van der Waals surface area (Å²) in [5.41, 5.74) is 0.331. The van der Waals surface area contributed by atoms with Crippen LogP contribution in [0.5, 0.6) is 0 Å². The van der Waals surface area contributed by atoms with Crippen LogP contribution in [-0.2, 0) is 9.53 Å². The third kappa shape index (κ3) is 2.09. The van der Waals surface area contributed by atoms with Gasteiger partial charge in [0.25, 0.3) is 0 Å². The second-order valence-electron chi connectivity index (χ2n) is 6.44. The van der Waals surface area contributed by atoms with Crippen LogP contribution < -0.4 is 5.32 Å². The van der Waals surface area contributed by atoms with Crippen LogP contribution in [0.3, 0.4) is 0 Å². The number of nitrogens with one attached hydrogen (secondary N) is 1. The van der Waals surface area contributed by atoms with Gasteiger partial charge in [0.1, 0.15) is 0 Å². The molecule has 1 N–H and O–H groups in total. The quantitative estimate of drug-likeness (QED) is 0.839. The Morgan fingerprint density at radius 3 is 2.74 bits per heavy atom. The largest absolute Gasteiger partial charge is 0.378 e. The van der Waals surface area contributed by atoms with Gasteiger partial charge in [-0.05, 0) is 32.6 Å². The average molecular weight is 266 g/mol. The Balaban J connectivity index is 1.64. The van der Waals surface area contributed by atoms with Crippen molar-refractivity contribution < 1.29 is 9.53 Å². The van der Waals surface area contributed by atoms with E-state index in [2.05, 4.69) is 12.2 Å². The second kappa shape index (κ2) is 5.06. The number of amides is 1. The molecule has 3 aliphatic rings. The van der Waals surface area contributed by atoms with Crippen molar-refractivity contribution in [2.75, 3.05) is 20.2 Å². The Bertz CT molecular complexity index is 352. The maximum absolute atomic E-state index is 12.0. The molecule has 4 heteroatoms. The molecule has 2 saturated carbocycles. The highest BCUT2D eigenvalue weighted by molar-refractivity contribution is 5.83. The van der Waals surface area contributed by atoms with E-state index >= 15 is 0 Å². The molecular formula is C15H26N2O2. The zero-order valence-electron chi connectivity index (χ0n) is 12.2. The molecule has 19 heavy (non-hydrogen) atoms. The monoisotopic (exact) mass is 266 g/mol. The van der Waals surface area contributed by atoms with E-state index in [1.54, 1.807) is 0 Å². The first-order chi connectivity index (χ1) is 9.17. The van der Waals surface area contributed by atoms with Gasteiger partial charge in [0.15, 0.2) is 0 Å². The predicted molar refractivity (Wildman–Crippen MR) is 73.9 cm³/mol. The number of rotatable bonds is 4. The lowest BCUT2D eigenvalue weighted by molar-refractivity contribution is -0.140. The van der Waals surface area contributed by atoms with Crippen molar-refractivity contribution in [2.45, 2.75) is 63.6 Å². The van der Waals surface area contributed by atoms with Crippen LogP contribution in [0.15, 0.2) is 0 Å². The lowest BCUT2D eigenvalue weighted by atomic mass is 9.60. The molecule has 0 aromatic carbocycles. The van der Waals surface area contributed by atoms with Crippen molar-refractivity contribution in [3.63, 3.8) is 0 Å². The van der Waals surface area contributed by atoms with Crippen molar-refractivity contribution >= 4 is 5.91 Å². The standard InChI is InChI=1S/C15H26N2O2/c1-3-19-13-10-12(15(13)7-4-5-8-15)16-11-6-9-17(2)14(11)18/h11-13,16H,3-10H2,1-2H3. The predicted octanol–water partition coefficient (Wildman–Crippen LogP) is 1.54. The van der Waals surface area contributed by atoms with Gasteiger partial charge >= 0.3 is 0 Å². The van der Waals surface area contributed by atoms with Crippen molar-refractivity contribution in [1.29, 1.82) is 0 Å². The maximum Gasteiger partial charge on any atom is 0.239 e. The van der Waals surface area contributed by atoms with E-state index in [0.29, 0.717) is 17.6 Å². The van der Waals surface area contributed by atoms with Gasteiger partial charge in [-0.15, -0.1) is 0 Å². The first kappa shape index (κ1) is 13.4. The number of likely N-dealkylation sites (tertiary alicyclic amines) is 1. The van der Waals surface area contributed by atoms with Crippen molar-refractivity contribution in [3.8, 4) is 0 Å². The Morgan fingerprint density at radius 1 is 1.42 bits per heavy atom. The van der Waals surface area contributed by atoms with Crippen molar-refractivity contribution in [2.24, 2.45) is 5.41 Å². The van der Waals surface area contributed by atoms with E-state index in [1.165, 1.54) is 25.7 Å². The molecule has 2 aliphatic carbocycles. The summed E-state index contributed by atoms with van der Waals surface area (Å²) in [6, 6.07) is 0.544. The number of ether oxygens (including phenoxy) is 1. The minimum atomic E-state index is 0.0510. The topological polar surface area (TPSA) is 41.6 Å². The molecule has 3 fully saturated rings. The van der Waals surface area contributed by atoms with Gasteiger partial charge in [0, 0.05) is 31.7 Å².